The van der Waals surface area contributed by atoms with Crippen molar-refractivity contribution >= 4 is 38.7 Å². The molecule has 0 amide bonds. The van der Waals surface area contributed by atoms with Crippen LogP contribution in [0.2, 0.25) is 0 Å². The number of hydrogen-bond acceptors (Lipinski definition) is 7. The Morgan fingerprint density at radius 1 is 1.18 bits per heavy atom. The number of nitrogens with zero attached hydrogens (tertiary/aromatic N) is 3. The van der Waals surface area contributed by atoms with Gasteiger partial charge in [-0.2, -0.15) is 0 Å². The molecule has 0 bridgehead atoms. The van der Waals surface area contributed by atoms with Gasteiger partial charge >= 0.3 is 0 Å². The molecule has 280 valence electrons. The van der Waals surface area contributed by atoms with Crippen molar-refractivity contribution in [2.75, 3.05) is 38.4 Å². The summed E-state index contributed by atoms with van der Waals surface area (Å²) in [7, 11) is 1.65. The maximum atomic E-state index is 5.93. The Bertz CT molecular complexity index is 1150. The van der Waals surface area contributed by atoms with E-state index in [4.69, 9.17) is 20.6 Å². The van der Waals surface area contributed by atoms with Crippen molar-refractivity contribution in [1.29, 1.82) is 0 Å². The van der Waals surface area contributed by atoms with Gasteiger partial charge in [-0.1, -0.05) is 98.8 Å². The zero-order valence-electron chi connectivity index (χ0n) is 33.2. The highest BCUT2D eigenvalue weighted by molar-refractivity contribution is 9.10. The van der Waals surface area contributed by atoms with Gasteiger partial charge in [0.2, 0.25) is 5.88 Å². The first-order valence-electron chi connectivity index (χ1n) is 18.1. The second-order valence-electron chi connectivity index (χ2n) is 12.4. The van der Waals surface area contributed by atoms with Crippen LogP contribution in [0, 0.1) is 18.3 Å². The molecule has 49 heavy (non-hydrogen) atoms. The number of hydrogen-bond donors (Lipinski definition) is 0. The first-order chi connectivity index (χ1) is 23.4. The van der Waals surface area contributed by atoms with Crippen LogP contribution in [-0.2, 0) is 16.0 Å². The lowest BCUT2D eigenvalue weighted by Gasteiger charge is -2.53. The fraction of sp³-hybridized carbons (Fsp3) is 0.659. The normalized spacial score (nSPS) is 15.5. The Balaban J connectivity index is 0. The van der Waals surface area contributed by atoms with E-state index in [1.807, 2.05) is 26.8 Å². The quantitative estimate of drug-likeness (QED) is 0.110. The highest BCUT2D eigenvalue weighted by atomic mass is 79.9. The van der Waals surface area contributed by atoms with E-state index in [9.17, 15) is 0 Å². The minimum absolute atomic E-state index is 0.175. The number of thiophene rings is 1. The molecule has 0 saturated carbocycles. The highest BCUT2D eigenvalue weighted by Crippen LogP contribution is 2.38. The molecule has 2 aliphatic rings. The molecule has 6 nitrogen and oxygen atoms in total. The maximum absolute atomic E-state index is 5.93. The molecule has 2 unspecified atom stereocenters. The summed E-state index contributed by atoms with van der Waals surface area (Å²) < 4.78 is 17.6. The topological polar surface area (TPSA) is 56.2 Å². The summed E-state index contributed by atoms with van der Waals surface area (Å²) in [5.74, 6) is 3.78. The standard InChI is InChI=1S/C13H17BrN2O3.C8H11NS.C7H14.C6H14.C4H6.C3H8/c1-9-13(7-18-8-13)19-4-3-16(9)11-5-10(14)6-15-12(11)17-2;1-7(2)9-6-8-4-3-5-10-8;1-5-7(4)6(2)3;1-3-5-6-4-2;1-3-4-2;1-3-2/h5-6,9H,3-4,7-8H2,1-2H3;3-5H,6H2,1-2H3;7H,2,5H2,1,3-4H3;3-6H2,1-2H3;1H,4H2,2H3;3H2,1-2H3. The third-order valence-corrected chi connectivity index (χ3v) is 8.99. The van der Waals surface area contributed by atoms with Crippen LogP contribution in [0.3, 0.4) is 0 Å². The molecule has 2 atom stereocenters. The van der Waals surface area contributed by atoms with Crippen molar-refractivity contribution in [3.63, 3.8) is 0 Å². The second-order valence-corrected chi connectivity index (χ2v) is 14.4. The van der Waals surface area contributed by atoms with Crippen LogP contribution in [0.15, 0.2) is 51.4 Å². The summed E-state index contributed by atoms with van der Waals surface area (Å²) >= 11 is 5.23. The Labute approximate surface area is 314 Å². The molecular formula is C41H70BrN3O3S. The van der Waals surface area contributed by atoms with Gasteiger partial charge in [-0.15, -0.1) is 23.7 Å². The summed E-state index contributed by atoms with van der Waals surface area (Å²) in [6.45, 7) is 30.8. The summed E-state index contributed by atoms with van der Waals surface area (Å²) in [6, 6.07) is 6.44. The molecule has 4 rings (SSSR count). The first-order valence-corrected chi connectivity index (χ1v) is 19.8. The van der Waals surface area contributed by atoms with Gasteiger partial charge in [0, 0.05) is 34.2 Å². The molecule has 8 heteroatoms. The maximum Gasteiger partial charge on any atom is 0.237 e. The number of aliphatic imine (C=N–C) groups is 1. The number of morpholine rings is 1. The smallest absolute Gasteiger partial charge is 0.237 e. The average Bonchev–Trinajstić information content (AvgIpc) is 3.61. The van der Waals surface area contributed by atoms with E-state index in [2.05, 4.69) is 116 Å². The minimum atomic E-state index is -0.175. The summed E-state index contributed by atoms with van der Waals surface area (Å²) in [5.41, 5.74) is 3.26. The van der Waals surface area contributed by atoms with Gasteiger partial charge in [-0.3, -0.25) is 4.99 Å². The third-order valence-electron chi connectivity index (χ3n) is 7.69. The summed E-state index contributed by atoms with van der Waals surface area (Å²) in [4.78, 5) is 12.2. The molecule has 1 spiro atoms. The van der Waals surface area contributed by atoms with E-state index in [1.165, 1.54) is 49.0 Å². The molecule has 2 fully saturated rings. The Kier molecular flexibility index (Phi) is 30.6. The molecule has 2 saturated heterocycles. The highest BCUT2D eigenvalue weighted by Gasteiger charge is 2.50. The molecule has 2 aliphatic heterocycles. The zero-order chi connectivity index (χ0) is 37.7. The number of halogens is 1. The van der Waals surface area contributed by atoms with Gasteiger partial charge in [-0.25, -0.2) is 4.98 Å². The number of methoxy groups -OCH3 is 1. The van der Waals surface area contributed by atoms with Crippen molar-refractivity contribution in [2.45, 2.75) is 139 Å². The minimum Gasteiger partial charge on any atom is -0.480 e. The van der Waals surface area contributed by atoms with Gasteiger partial charge in [0.15, 0.2) is 0 Å². The van der Waals surface area contributed by atoms with Crippen molar-refractivity contribution < 1.29 is 14.2 Å². The van der Waals surface area contributed by atoms with E-state index >= 15 is 0 Å². The number of aromatic nitrogens is 1. The number of rotatable bonds is 9. The lowest BCUT2D eigenvalue weighted by atomic mass is 9.90. The lowest BCUT2D eigenvalue weighted by molar-refractivity contribution is -0.228. The zero-order valence-corrected chi connectivity index (χ0v) is 35.6. The summed E-state index contributed by atoms with van der Waals surface area (Å²) in [6.07, 6.45) is 15.4. The van der Waals surface area contributed by atoms with Gasteiger partial charge < -0.3 is 19.1 Å². The predicted octanol–water partition coefficient (Wildman–Crippen LogP) is 12.2. The molecule has 0 aromatic carbocycles. The largest absolute Gasteiger partial charge is 0.480 e. The van der Waals surface area contributed by atoms with E-state index in [0.717, 1.165) is 35.4 Å². The monoisotopic (exact) mass is 763 g/mol. The average molecular weight is 765 g/mol. The SMILES string of the molecule is C#CCC.C=C(C)C(C)CC.CC(C)=NCc1cccs1.CCC.CCCCCC.COc1ncc(Br)cc1N1CCOC2(COC2)C1C. The number of allylic oxidation sites excluding steroid dienone is 1. The molecule has 4 heterocycles. The van der Waals surface area contributed by atoms with Crippen LogP contribution in [-0.4, -0.2) is 55.8 Å². The van der Waals surface area contributed by atoms with Gasteiger partial charge in [0.25, 0.3) is 0 Å². The van der Waals surface area contributed by atoms with Gasteiger partial charge in [-0.05, 0) is 73.5 Å². The Morgan fingerprint density at radius 2 is 1.78 bits per heavy atom. The van der Waals surface area contributed by atoms with E-state index in [1.54, 1.807) is 24.6 Å². The number of unbranched alkanes of at least 4 members (excludes halogenated alkanes) is 3. The summed E-state index contributed by atoms with van der Waals surface area (Å²) in [5, 5.41) is 2.08. The third kappa shape index (κ3) is 21.6. The number of anilines is 1. The van der Waals surface area contributed by atoms with Crippen LogP contribution in [0.25, 0.3) is 0 Å². The van der Waals surface area contributed by atoms with E-state index < -0.39 is 0 Å². The molecule has 0 N–H and O–H groups in total. The number of pyridine rings is 1. The van der Waals surface area contributed by atoms with E-state index in [0.29, 0.717) is 31.6 Å². The number of terminal acetylenes is 1. The van der Waals surface area contributed by atoms with Crippen molar-refractivity contribution in [3.05, 3.63) is 51.3 Å². The van der Waals surface area contributed by atoms with Crippen LogP contribution >= 0.6 is 27.3 Å². The molecule has 0 aliphatic carbocycles. The first kappa shape index (κ1) is 48.9. The van der Waals surface area contributed by atoms with E-state index in [-0.39, 0.29) is 11.6 Å². The van der Waals surface area contributed by atoms with Gasteiger partial charge in [0.05, 0.1) is 39.5 Å². The van der Waals surface area contributed by atoms with Gasteiger partial charge in [0.1, 0.15) is 11.3 Å². The molecule has 0 radical (unpaired) electrons. The van der Waals surface area contributed by atoms with Crippen LogP contribution in [0.1, 0.15) is 126 Å². The van der Waals surface area contributed by atoms with Crippen LogP contribution in [0.4, 0.5) is 5.69 Å². The Morgan fingerprint density at radius 3 is 2.14 bits per heavy atom. The fourth-order valence-electron chi connectivity index (χ4n) is 4.17. The predicted molar refractivity (Wildman–Crippen MR) is 221 cm³/mol. The second kappa shape index (κ2) is 30.6. The Hall–Kier alpha value is -2.18. The van der Waals surface area contributed by atoms with Crippen molar-refractivity contribution in [3.8, 4) is 18.2 Å². The molecular weight excluding hydrogens is 694 g/mol. The number of ether oxygens (including phenoxy) is 3. The van der Waals surface area contributed by atoms with Crippen LogP contribution in [0.5, 0.6) is 5.88 Å². The van der Waals surface area contributed by atoms with Crippen molar-refractivity contribution in [2.24, 2.45) is 10.9 Å². The van der Waals surface area contributed by atoms with Crippen LogP contribution < -0.4 is 9.64 Å². The lowest BCUT2D eigenvalue weighted by Crippen LogP contribution is -2.68. The molecule has 2 aromatic heterocycles. The fourth-order valence-corrected chi connectivity index (χ4v) is 5.12. The van der Waals surface area contributed by atoms with Crippen molar-refractivity contribution in [1.82, 2.24) is 4.98 Å². The molecule has 2 aromatic rings.